The molecule has 3 aromatic rings. The van der Waals surface area contributed by atoms with Crippen LogP contribution in [0.15, 0.2) is 41.3 Å². The van der Waals surface area contributed by atoms with E-state index in [9.17, 15) is 9.59 Å². The summed E-state index contributed by atoms with van der Waals surface area (Å²) >= 11 is 0. The highest BCUT2D eigenvalue weighted by molar-refractivity contribution is 5.89. The molecule has 128 valence electrons. The molecule has 1 aliphatic rings. The van der Waals surface area contributed by atoms with E-state index in [-0.39, 0.29) is 18.0 Å². The Morgan fingerprint density at radius 2 is 2.00 bits per heavy atom. The van der Waals surface area contributed by atoms with Crippen LogP contribution >= 0.6 is 0 Å². The predicted molar refractivity (Wildman–Crippen MR) is 92.2 cm³/mol. The Bertz CT molecular complexity index is 970. The zero-order chi connectivity index (χ0) is 17.2. The van der Waals surface area contributed by atoms with Crippen LogP contribution in [0.5, 0.6) is 0 Å². The van der Waals surface area contributed by atoms with E-state index in [0.717, 1.165) is 17.5 Å². The number of hydrogen-bond acceptors (Lipinski definition) is 5. The Morgan fingerprint density at radius 3 is 2.84 bits per heavy atom. The summed E-state index contributed by atoms with van der Waals surface area (Å²) in [6.45, 7) is -0.188. The quantitative estimate of drug-likeness (QED) is 0.782. The van der Waals surface area contributed by atoms with Gasteiger partial charge in [-0.15, -0.1) is 5.10 Å². The third-order valence-corrected chi connectivity index (χ3v) is 4.53. The molecule has 1 amide bonds. The highest BCUT2D eigenvalue weighted by Gasteiger charge is 2.20. The average Bonchev–Trinajstić information content (AvgIpc) is 3.29. The lowest BCUT2D eigenvalue weighted by Gasteiger charge is -2.14. The van der Waals surface area contributed by atoms with Gasteiger partial charge in [0.2, 0.25) is 5.91 Å². The van der Waals surface area contributed by atoms with Crippen LogP contribution in [0.3, 0.4) is 0 Å². The number of anilines is 1. The zero-order valence-electron chi connectivity index (χ0n) is 13.6. The fourth-order valence-corrected chi connectivity index (χ4v) is 3.30. The monoisotopic (exact) mass is 338 g/mol. The molecule has 0 radical (unpaired) electrons. The van der Waals surface area contributed by atoms with Gasteiger partial charge in [-0.05, 0) is 25.0 Å². The maximum atomic E-state index is 12.4. The first-order valence-electron chi connectivity index (χ1n) is 8.38. The van der Waals surface area contributed by atoms with Crippen LogP contribution in [0.25, 0.3) is 10.9 Å². The first kappa shape index (κ1) is 15.5. The van der Waals surface area contributed by atoms with Gasteiger partial charge in [0.25, 0.3) is 5.56 Å². The SMILES string of the molecule is O=C(Cn1nnc2ccccc2c1=O)Nc1ccnn1C1CCCC1. The van der Waals surface area contributed by atoms with Gasteiger partial charge >= 0.3 is 0 Å². The lowest BCUT2D eigenvalue weighted by atomic mass is 10.2. The van der Waals surface area contributed by atoms with Gasteiger partial charge in [0.05, 0.1) is 17.6 Å². The summed E-state index contributed by atoms with van der Waals surface area (Å²) in [6.07, 6.45) is 6.18. The van der Waals surface area contributed by atoms with Crippen LogP contribution in [0.1, 0.15) is 31.7 Å². The van der Waals surface area contributed by atoms with Crippen molar-refractivity contribution in [3.05, 3.63) is 46.9 Å². The largest absolute Gasteiger partial charge is 0.309 e. The number of carbonyl (C=O) groups is 1. The van der Waals surface area contributed by atoms with Crippen molar-refractivity contribution in [3.8, 4) is 0 Å². The Kier molecular flexibility index (Phi) is 4.01. The van der Waals surface area contributed by atoms with E-state index in [4.69, 9.17) is 0 Å². The molecule has 1 fully saturated rings. The molecule has 0 spiro atoms. The first-order chi connectivity index (χ1) is 12.2. The molecule has 0 bridgehead atoms. The molecule has 0 atom stereocenters. The van der Waals surface area contributed by atoms with Crippen molar-refractivity contribution in [2.45, 2.75) is 38.3 Å². The van der Waals surface area contributed by atoms with Gasteiger partial charge in [-0.1, -0.05) is 30.2 Å². The minimum Gasteiger partial charge on any atom is -0.309 e. The molecule has 1 aromatic carbocycles. The number of aromatic nitrogens is 5. The predicted octanol–water partition coefficient (Wildman–Crippen LogP) is 1.74. The maximum Gasteiger partial charge on any atom is 0.278 e. The number of nitrogens with zero attached hydrogens (tertiary/aromatic N) is 5. The van der Waals surface area contributed by atoms with Crippen molar-refractivity contribution in [1.29, 1.82) is 0 Å². The van der Waals surface area contributed by atoms with Gasteiger partial charge in [-0.2, -0.15) is 5.10 Å². The van der Waals surface area contributed by atoms with Crippen LogP contribution in [-0.2, 0) is 11.3 Å². The second-order valence-corrected chi connectivity index (χ2v) is 6.22. The van der Waals surface area contributed by atoms with E-state index in [1.165, 1.54) is 12.8 Å². The molecule has 4 rings (SSSR count). The summed E-state index contributed by atoms with van der Waals surface area (Å²) in [7, 11) is 0. The van der Waals surface area contributed by atoms with E-state index >= 15 is 0 Å². The third-order valence-electron chi connectivity index (χ3n) is 4.53. The number of hydrogen-bond donors (Lipinski definition) is 1. The summed E-state index contributed by atoms with van der Waals surface area (Å²) < 4.78 is 2.94. The van der Waals surface area contributed by atoms with Crippen LogP contribution < -0.4 is 10.9 Å². The lowest BCUT2D eigenvalue weighted by Crippen LogP contribution is -2.31. The summed E-state index contributed by atoms with van der Waals surface area (Å²) in [4.78, 5) is 24.8. The topological polar surface area (TPSA) is 94.7 Å². The number of fused-ring (bicyclic) bond motifs is 1. The number of benzene rings is 1. The van der Waals surface area contributed by atoms with Crippen molar-refractivity contribution >= 4 is 22.6 Å². The smallest absolute Gasteiger partial charge is 0.278 e. The molecule has 25 heavy (non-hydrogen) atoms. The van der Waals surface area contributed by atoms with Gasteiger partial charge in [0.1, 0.15) is 17.9 Å². The van der Waals surface area contributed by atoms with Crippen molar-refractivity contribution in [3.63, 3.8) is 0 Å². The second-order valence-electron chi connectivity index (χ2n) is 6.22. The fourth-order valence-electron chi connectivity index (χ4n) is 3.30. The molecule has 2 aromatic heterocycles. The Labute approximate surface area is 143 Å². The van der Waals surface area contributed by atoms with E-state index in [2.05, 4.69) is 20.7 Å². The van der Waals surface area contributed by atoms with Crippen molar-refractivity contribution in [1.82, 2.24) is 24.8 Å². The number of rotatable bonds is 4. The molecule has 0 unspecified atom stereocenters. The van der Waals surface area contributed by atoms with Crippen molar-refractivity contribution in [2.75, 3.05) is 5.32 Å². The molecule has 1 N–H and O–H groups in total. The Balaban J connectivity index is 1.53. The zero-order valence-corrected chi connectivity index (χ0v) is 13.6. The van der Waals surface area contributed by atoms with Crippen LogP contribution in [0.4, 0.5) is 5.82 Å². The molecule has 0 aliphatic heterocycles. The molecule has 8 heteroatoms. The number of amides is 1. The Morgan fingerprint density at radius 1 is 1.20 bits per heavy atom. The van der Waals surface area contributed by atoms with E-state index < -0.39 is 0 Å². The molecular formula is C17H18N6O2. The average molecular weight is 338 g/mol. The fraction of sp³-hybridized carbons (Fsp3) is 0.353. The van der Waals surface area contributed by atoms with Gasteiger partial charge < -0.3 is 5.32 Å². The normalized spacial score (nSPS) is 14.9. The Hall–Kier alpha value is -3.03. The molecule has 2 heterocycles. The van der Waals surface area contributed by atoms with Gasteiger partial charge in [0, 0.05) is 6.07 Å². The molecular weight excluding hydrogens is 320 g/mol. The molecule has 0 saturated heterocycles. The summed E-state index contributed by atoms with van der Waals surface area (Å²) in [6, 6.07) is 9.04. The van der Waals surface area contributed by atoms with E-state index in [0.29, 0.717) is 22.8 Å². The second kappa shape index (κ2) is 6.46. The molecule has 1 saturated carbocycles. The lowest BCUT2D eigenvalue weighted by molar-refractivity contribution is -0.117. The van der Waals surface area contributed by atoms with Crippen molar-refractivity contribution < 1.29 is 4.79 Å². The minimum atomic E-state index is -0.329. The van der Waals surface area contributed by atoms with E-state index in [1.807, 2.05) is 4.68 Å². The summed E-state index contributed by atoms with van der Waals surface area (Å²) in [5.74, 6) is 0.324. The van der Waals surface area contributed by atoms with Gasteiger partial charge in [-0.3, -0.25) is 9.59 Å². The van der Waals surface area contributed by atoms with Crippen LogP contribution in [0, 0.1) is 0 Å². The summed E-state index contributed by atoms with van der Waals surface area (Å²) in [5.41, 5.74) is 0.188. The molecule has 8 nitrogen and oxygen atoms in total. The minimum absolute atomic E-state index is 0.188. The number of carbonyl (C=O) groups excluding carboxylic acids is 1. The number of nitrogens with one attached hydrogen (secondary N) is 1. The highest BCUT2D eigenvalue weighted by Crippen LogP contribution is 2.31. The van der Waals surface area contributed by atoms with E-state index in [1.54, 1.807) is 36.5 Å². The van der Waals surface area contributed by atoms with Crippen molar-refractivity contribution in [2.24, 2.45) is 0 Å². The standard InChI is InChI=1S/C17H18N6O2/c24-16(19-15-9-10-18-23(15)12-5-1-2-6-12)11-22-17(25)13-7-3-4-8-14(13)20-21-22/h3-4,7-10,12H,1-2,5-6,11H2,(H,19,24). The summed E-state index contributed by atoms with van der Waals surface area (Å²) in [5, 5.41) is 15.4. The van der Waals surface area contributed by atoms with Crippen LogP contribution in [0.2, 0.25) is 0 Å². The third kappa shape index (κ3) is 3.02. The van der Waals surface area contributed by atoms with Gasteiger partial charge in [0.15, 0.2) is 0 Å². The first-order valence-corrected chi connectivity index (χ1v) is 8.38. The highest BCUT2D eigenvalue weighted by atomic mass is 16.2. The van der Waals surface area contributed by atoms with Crippen LogP contribution in [-0.4, -0.2) is 30.7 Å². The molecule has 1 aliphatic carbocycles. The van der Waals surface area contributed by atoms with Gasteiger partial charge in [-0.25, -0.2) is 9.36 Å². The maximum absolute atomic E-state index is 12.4.